The van der Waals surface area contributed by atoms with Crippen LogP contribution in [0, 0.1) is 40.4 Å². The summed E-state index contributed by atoms with van der Waals surface area (Å²) in [6.07, 6.45) is 16.8. The Kier molecular flexibility index (Phi) is 6.04. The van der Waals surface area contributed by atoms with Crippen molar-refractivity contribution in [3.63, 3.8) is 0 Å². The van der Waals surface area contributed by atoms with Crippen LogP contribution >= 0.6 is 12.6 Å². The third kappa shape index (κ3) is 3.53. The van der Waals surface area contributed by atoms with Crippen molar-refractivity contribution in [3.05, 3.63) is 11.6 Å². The second kappa shape index (κ2) is 7.95. The van der Waals surface area contributed by atoms with E-state index in [0.717, 1.165) is 42.4 Å². The molecular formula is C26H44OS. The second-order valence-corrected chi connectivity index (χ2v) is 12.5. The normalized spacial score (nSPS) is 47.5. The van der Waals surface area contributed by atoms with Gasteiger partial charge in [-0.15, -0.1) is 0 Å². The summed E-state index contributed by atoms with van der Waals surface area (Å²) in [4.78, 5) is 0. The van der Waals surface area contributed by atoms with Gasteiger partial charge in [-0.2, -0.15) is 12.6 Å². The molecule has 0 aromatic rings. The van der Waals surface area contributed by atoms with Crippen LogP contribution < -0.4 is 0 Å². The molecule has 1 N–H and O–H groups in total. The standard InChI is InChI=1S/C26H44OS/c1-17(6-5-7-18(2)28)22-10-11-23-21-9-8-19-16-20(27)12-14-25(19,3)24(21)13-15-26(22,23)4/h8,17-18,20-24,27-28H,5-7,9-16H2,1-4H3. The summed E-state index contributed by atoms with van der Waals surface area (Å²) in [6.45, 7) is 10.0. The largest absolute Gasteiger partial charge is 0.393 e. The molecule has 0 spiro atoms. The van der Waals surface area contributed by atoms with Gasteiger partial charge in [0.05, 0.1) is 6.10 Å². The van der Waals surface area contributed by atoms with Gasteiger partial charge < -0.3 is 5.11 Å². The summed E-state index contributed by atoms with van der Waals surface area (Å²) < 4.78 is 0. The van der Waals surface area contributed by atoms with E-state index in [-0.39, 0.29) is 6.10 Å². The van der Waals surface area contributed by atoms with E-state index in [1.807, 2.05) is 0 Å². The highest BCUT2D eigenvalue weighted by molar-refractivity contribution is 7.80. The Morgan fingerprint density at radius 2 is 1.86 bits per heavy atom. The summed E-state index contributed by atoms with van der Waals surface area (Å²) in [6, 6.07) is 0. The van der Waals surface area contributed by atoms with Gasteiger partial charge in [0.1, 0.15) is 0 Å². The molecule has 3 fully saturated rings. The Morgan fingerprint density at radius 3 is 2.61 bits per heavy atom. The fourth-order valence-corrected chi connectivity index (χ4v) is 8.74. The molecule has 0 amide bonds. The third-order valence-corrected chi connectivity index (χ3v) is 10.4. The van der Waals surface area contributed by atoms with Crippen LogP contribution in [0.4, 0.5) is 0 Å². The van der Waals surface area contributed by atoms with Gasteiger partial charge in [-0.05, 0) is 103 Å². The second-order valence-electron chi connectivity index (χ2n) is 11.6. The predicted molar refractivity (Wildman–Crippen MR) is 123 cm³/mol. The predicted octanol–water partition coefficient (Wildman–Crippen LogP) is 7.05. The topological polar surface area (TPSA) is 20.2 Å². The molecular weight excluding hydrogens is 360 g/mol. The van der Waals surface area contributed by atoms with Crippen molar-refractivity contribution in [1.29, 1.82) is 0 Å². The number of fused-ring (bicyclic) bond motifs is 5. The van der Waals surface area contributed by atoms with Gasteiger partial charge in [0.2, 0.25) is 0 Å². The molecule has 28 heavy (non-hydrogen) atoms. The van der Waals surface area contributed by atoms with Crippen molar-refractivity contribution >= 4 is 12.6 Å². The van der Waals surface area contributed by atoms with E-state index in [4.69, 9.17) is 0 Å². The molecule has 2 heteroatoms. The number of aliphatic hydroxyl groups excluding tert-OH is 1. The van der Waals surface area contributed by atoms with E-state index in [1.165, 1.54) is 57.8 Å². The minimum atomic E-state index is -0.0820. The first-order valence-corrected chi connectivity index (χ1v) is 12.8. The van der Waals surface area contributed by atoms with E-state index < -0.39 is 0 Å². The van der Waals surface area contributed by atoms with Crippen molar-refractivity contribution in [2.24, 2.45) is 40.4 Å². The summed E-state index contributed by atoms with van der Waals surface area (Å²) in [5.41, 5.74) is 2.57. The van der Waals surface area contributed by atoms with Crippen molar-refractivity contribution in [2.75, 3.05) is 0 Å². The maximum Gasteiger partial charge on any atom is 0.0577 e. The van der Waals surface area contributed by atoms with Crippen LogP contribution in [-0.4, -0.2) is 16.5 Å². The first-order chi connectivity index (χ1) is 13.3. The molecule has 0 aromatic heterocycles. The SMILES string of the molecule is CC(S)CCCC(C)C1CCC2C3CC=C4CC(O)CCC4(C)C3CCC12C. The van der Waals surface area contributed by atoms with Crippen molar-refractivity contribution in [1.82, 2.24) is 0 Å². The zero-order valence-electron chi connectivity index (χ0n) is 18.8. The van der Waals surface area contributed by atoms with E-state index in [2.05, 4.69) is 46.4 Å². The smallest absolute Gasteiger partial charge is 0.0577 e. The van der Waals surface area contributed by atoms with Crippen molar-refractivity contribution < 1.29 is 5.11 Å². The van der Waals surface area contributed by atoms with Gasteiger partial charge in [-0.3, -0.25) is 0 Å². The maximum absolute atomic E-state index is 10.2. The number of hydrogen-bond acceptors (Lipinski definition) is 2. The highest BCUT2D eigenvalue weighted by atomic mass is 32.1. The average Bonchev–Trinajstić information content (AvgIpc) is 2.99. The molecule has 0 saturated heterocycles. The Balaban J connectivity index is 1.49. The molecule has 9 unspecified atom stereocenters. The first kappa shape index (κ1) is 21.3. The fraction of sp³-hybridized carbons (Fsp3) is 0.923. The van der Waals surface area contributed by atoms with Crippen LogP contribution in [0.15, 0.2) is 11.6 Å². The lowest BCUT2D eigenvalue weighted by Gasteiger charge is -2.58. The highest BCUT2D eigenvalue weighted by Gasteiger charge is 2.59. The molecule has 1 nitrogen and oxygen atoms in total. The zero-order chi connectivity index (χ0) is 20.1. The summed E-state index contributed by atoms with van der Waals surface area (Å²) in [5.74, 6) is 4.51. The molecule has 4 rings (SSSR count). The maximum atomic E-state index is 10.2. The number of hydrogen-bond donors (Lipinski definition) is 2. The lowest BCUT2D eigenvalue weighted by Crippen LogP contribution is -2.50. The molecule has 4 aliphatic rings. The molecule has 0 radical (unpaired) electrons. The van der Waals surface area contributed by atoms with Crippen LogP contribution in [0.5, 0.6) is 0 Å². The summed E-state index contributed by atoms with van der Waals surface area (Å²) in [7, 11) is 0. The van der Waals surface area contributed by atoms with Gasteiger partial charge in [0.15, 0.2) is 0 Å². The first-order valence-electron chi connectivity index (χ1n) is 12.3. The van der Waals surface area contributed by atoms with E-state index >= 15 is 0 Å². The summed E-state index contributed by atoms with van der Waals surface area (Å²) >= 11 is 4.58. The monoisotopic (exact) mass is 404 g/mol. The van der Waals surface area contributed by atoms with Gasteiger partial charge in [0, 0.05) is 0 Å². The molecule has 4 aliphatic carbocycles. The van der Waals surface area contributed by atoms with Crippen LogP contribution in [-0.2, 0) is 0 Å². The molecule has 3 saturated carbocycles. The van der Waals surface area contributed by atoms with Crippen LogP contribution in [0.1, 0.15) is 98.3 Å². The quantitative estimate of drug-likeness (QED) is 0.371. The summed E-state index contributed by atoms with van der Waals surface area (Å²) in [5, 5.41) is 10.8. The third-order valence-electron chi connectivity index (χ3n) is 10.1. The van der Waals surface area contributed by atoms with E-state index in [1.54, 1.807) is 5.57 Å². The molecule has 0 aliphatic heterocycles. The van der Waals surface area contributed by atoms with Crippen LogP contribution in [0.3, 0.4) is 0 Å². The number of allylic oxidation sites excluding steroid dienone is 1. The Hall–Kier alpha value is 0.0500. The minimum absolute atomic E-state index is 0.0820. The fourth-order valence-electron chi connectivity index (χ4n) is 8.55. The molecule has 0 heterocycles. The Bertz CT molecular complexity index is 597. The van der Waals surface area contributed by atoms with Gasteiger partial charge in [0.25, 0.3) is 0 Å². The molecule has 0 bridgehead atoms. The Labute approximate surface area is 179 Å². The number of aliphatic hydroxyl groups is 1. The zero-order valence-corrected chi connectivity index (χ0v) is 19.7. The van der Waals surface area contributed by atoms with E-state index in [0.29, 0.717) is 16.1 Å². The van der Waals surface area contributed by atoms with Crippen LogP contribution in [0.25, 0.3) is 0 Å². The van der Waals surface area contributed by atoms with Crippen molar-refractivity contribution in [2.45, 2.75) is 110 Å². The molecule has 9 atom stereocenters. The van der Waals surface area contributed by atoms with E-state index in [9.17, 15) is 5.11 Å². The lowest BCUT2D eigenvalue weighted by molar-refractivity contribution is -0.0572. The van der Waals surface area contributed by atoms with Gasteiger partial charge in [-0.25, -0.2) is 0 Å². The lowest BCUT2D eigenvalue weighted by atomic mass is 9.47. The highest BCUT2D eigenvalue weighted by Crippen LogP contribution is 2.67. The Morgan fingerprint density at radius 1 is 1.07 bits per heavy atom. The number of thiol groups is 1. The van der Waals surface area contributed by atoms with Gasteiger partial charge in [-0.1, -0.05) is 52.2 Å². The van der Waals surface area contributed by atoms with Crippen molar-refractivity contribution in [3.8, 4) is 0 Å². The molecule has 0 aromatic carbocycles. The molecule has 160 valence electrons. The average molecular weight is 405 g/mol. The minimum Gasteiger partial charge on any atom is -0.393 e. The van der Waals surface area contributed by atoms with Gasteiger partial charge >= 0.3 is 0 Å². The van der Waals surface area contributed by atoms with Crippen LogP contribution in [0.2, 0.25) is 0 Å². The number of rotatable bonds is 5.